The Bertz CT molecular complexity index is 136. The molecule has 5 nitrogen and oxygen atoms in total. The Morgan fingerprint density at radius 1 is 1.44 bits per heavy atom. The first kappa shape index (κ1) is 8.83. The third-order valence-corrected chi connectivity index (χ3v) is 1.24. The predicted octanol–water partition coefficient (Wildman–Crippen LogP) is -0.154. The molecule has 0 bridgehead atoms. The normalized spacial score (nSPS) is 11.8. The fourth-order valence-electron chi connectivity index (χ4n) is 0.247. The van der Waals surface area contributed by atoms with Crippen LogP contribution in [0.1, 0.15) is 6.92 Å². The van der Waals surface area contributed by atoms with Crippen LogP contribution in [0.3, 0.4) is 0 Å². The van der Waals surface area contributed by atoms with Crippen molar-refractivity contribution >= 4 is 10.4 Å². The lowest BCUT2D eigenvalue weighted by Gasteiger charge is -1.97. The standard InChI is InChI=1S/C3H8O5S/c1-3-7-9(4,5)8-6-2/h3H2,1-2H3. The summed E-state index contributed by atoms with van der Waals surface area (Å²) in [5.74, 6) is 0. The van der Waals surface area contributed by atoms with Gasteiger partial charge in [-0.25, -0.2) is 9.07 Å². The van der Waals surface area contributed by atoms with E-state index in [1.165, 1.54) is 6.92 Å². The lowest BCUT2D eigenvalue weighted by atomic mass is 10.9. The molecule has 0 radical (unpaired) electrons. The maximum Gasteiger partial charge on any atom is 0.426 e. The molecule has 0 aromatic heterocycles. The van der Waals surface area contributed by atoms with E-state index in [1.807, 2.05) is 0 Å². The van der Waals surface area contributed by atoms with Crippen LogP contribution in [0.2, 0.25) is 0 Å². The quantitative estimate of drug-likeness (QED) is 0.418. The molecule has 0 atom stereocenters. The van der Waals surface area contributed by atoms with Crippen molar-refractivity contribution in [1.29, 1.82) is 0 Å². The van der Waals surface area contributed by atoms with E-state index in [0.29, 0.717) is 0 Å². The molecule has 0 amide bonds. The molecule has 0 aliphatic rings. The smallest absolute Gasteiger partial charge is 0.247 e. The Morgan fingerprint density at radius 3 is 2.33 bits per heavy atom. The van der Waals surface area contributed by atoms with Crippen LogP contribution in [0.5, 0.6) is 0 Å². The van der Waals surface area contributed by atoms with Crippen molar-refractivity contribution in [2.45, 2.75) is 6.92 Å². The van der Waals surface area contributed by atoms with Gasteiger partial charge in [0.2, 0.25) is 0 Å². The Labute approximate surface area is 53.8 Å². The molecule has 9 heavy (non-hydrogen) atoms. The highest BCUT2D eigenvalue weighted by Gasteiger charge is 2.09. The Balaban J connectivity index is 3.73. The SMILES string of the molecule is CCOS(=O)(=O)OOC. The zero-order valence-electron chi connectivity index (χ0n) is 5.16. The molecule has 0 rings (SSSR count). The van der Waals surface area contributed by atoms with Gasteiger partial charge in [-0.3, -0.25) is 0 Å². The first-order chi connectivity index (χ1) is 4.12. The van der Waals surface area contributed by atoms with Crippen LogP contribution in [0.4, 0.5) is 0 Å². The molecule has 0 heterocycles. The molecule has 0 N–H and O–H groups in total. The molecule has 0 saturated carbocycles. The topological polar surface area (TPSA) is 61.8 Å². The van der Waals surface area contributed by atoms with Gasteiger partial charge in [-0.1, -0.05) is 4.33 Å². The van der Waals surface area contributed by atoms with Crippen molar-refractivity contribution in [2.24, 2.45) is 0 Å². The van der Waals surface area contributed by atoms with Gasteiger partial charge in [-0.05, 0) is 6.92 Å². The van der Waals surface area contributed by atoms with Crippen LogP contribution >= 0.6 is 0 Å². The Hall–Kier alpha value is -0.170. The number of hydrogen-bond acceptors (Lipinski definition) is 5. The summed E-state index contributed by atoms with van der Waals surface area (Å²) in [6, 6.07) is 0. The van der Waals surface area contributed by atoms with Gasteiger partial charge in [0.15, 0.2) is 0 Å². The van der Waals surface area contributed by atoms with Crippen LogP contribution < -0.4 is 0 Å². The van der Waals surface area contributed by atoms with Gasteiger partial charge in [0, 0.05) is 0 Å². The van der Waals surface area contributed by atoms with Crippen LogP contribution in [0.15, 0.2) is 0 Å². The maximum atomic E-state index is 10.3. The fraction of sp³-hybridized carbons (Fsp3) is 1.00. The van der Waals surface area contributed by atoms with Gasteiger partial charge in [0.05, 0.1) is 13.7 Å². The molecule has 0 saturated heterocycles. The Morgan fingerprint density at radius 2 is 2.00 bits per heavy atom. The molecule has 6 heteroatoms. The second-order valence-corrected chi connectivity index (χ2v) is 2.24. The van der Waals surface area contributed by atoms with E-state index in [1.54, 1.807) is 0 Å². The number of rotatable bonds is 4. The third-order valence-electron chi connectivity index (χ3n) is 0.414. The van der Waals surface area contributed by atoms with Crippen LogP contribution in [-0.4, -0.2) is 22.1 Å². The van der Waals surface area contributed by atoms with Gasteiger partial charge in [0.1, 0.15) is 0 Å². The monoisotopic (exact) mass is 156 g/mol. The molecule has 0 aliphatic heterocycles. The predicted molar refractivity (Wildman–Crippen MR) is 28.6 cm³/mol. The van der Waals surface area contributed by atoms with Crippen LogP contribution in [0, 0.1) is 0 Å². The summed E-state index contributed by atoms with van der Waals surface area (Å²) in [5.41, 5.74) is 0. The van der Waals surface area contributed by atoms with E-state index in [0.717, 1.165) is 7.11 Å². The van der Waals surface area contributed by atoms with Crippen molar-refractivity contribution in [1.82, 2.24) is 0 Å². The summed E-state index contributed by atoms with van der Waals surface area (Å²) < 4.78 is 28.3. The second kappa shape index (κ2) is 3.78. The first-order valence-corrected chi connectivity index (χ1v) is 3.57. The summed E-state index contributed by atoms with van der Waals surface area (Å²) in [4.78, 5) is 3.85. The van der Waals surface area contributed by atoms with Crippen LogP contribution in [0.25, 0.3) is 0 Å². The van der Waals surface area contributed by atoms with E-state index < -0.39 is 10.4 Å². The molecular weight excluding hydrogens is 148 g/mol. The molecular formula is C3H8O5S. The van der Waals surface area contributed by atoms with Gasteiger partial charge < -0.3 is 0 Å². The first-order valence-electron chi connectivity index (χ1n) is 2.24. The highest BCUT2D eigenvalue weighted by molar-refractivity contribution is 7.81. The summed E-state index contributed by atoms with van der Waals surface area (Å²) in [6.45, 7) is 1.56. The van der Waals surface area contributed by atoms with E-state index in [-0.39, 0.29) is 6.61 Å². The number of hydrogen-bond donors (Lipinski definition) is 0. The summed E-state index contributed by atoms with van der Waals surface area (Å²) >= 11 is 0. The highest BCUT2D eigenvalue weighted by atomic mass is 32.3. The lowest BCUT2D eigenvalue weighted by Crippen LogP contribution is -2.08. The average molecular weight is 156 g/mol. The fourth-order valence-corrected chi connectivity index (χ4v) is 0.742. The maximum absolute atomic E-state index is 10.3. The minimum absolute atomic E-state index is 0.0334. The van der Waals surface area contributed by atoms with Crippen LogP contribution in [-0.2, 0) is 23.8 Å². The van der Waals surface area contributed by atoms with Crippen molar-refractivity contribution in [3.05, 3.63) is 0 Å². The van der Waals surface area contributed by atoms with Gasteiger partial charge in [-0.2, -0.15) is 8.42 Å². The minimum Gasteiger partial charge on any atom is -0.247 e. The average Bonchev–Trinajstić information content (AvgIpc) is 1.64. The zero-order chi connectivity index (χ0) is 7.33. The summed E-state index contributed by atoms with van der Waals surface area (Å²) in [6.07, 6.45) is 0. The lowest BCUT2D eigenvalue weighted by molar-refractivity contribution is -0.181. The molecule has 0 spiro atoms. The highest BCUT2D eigenvalue weighted by Crippen LogP contribution is 1.93. The van der Waals surface area contributed by atoms with Crippen molar-refractivity contribution < 1.29 is 21.8 Å². The van der Waals surface area contributed by atoms with Gasteiger partial charge in [-0.15, -0.1) is 0 Å². The van der Waals surface area contributed by atoms with Crippen molar-refractivity contribution in [3.8, 4) is 0 Å². The molecule has 0 fully saturated rings. The molecule has 0 aliphatic carbocycles. The zero-order valence-corrected chi connectivity index (χ0v) is 5.97. The summed E-state index contributed by atoms with van der Waals surface area (Å²) in [5, 5.41) is 0. The van der Waals surface area contributed by atoms with Gasteiger partial charge >= 0.3 is 10.4 Å². The van der Waals surface area contributed by atoms with Gasteiger partial charge in [0.25, 0.3) is 0 Å². The molecule has 0 aromatic carbocycles. The Kier molecular flexibility index (Phi) is 3.71. The van der Waals surface area contributed by atoms with E-state index >= 15 is 0 Å². The second-order valence-electron chi connectivity index (χ2n) is 1.05. The molecule has 0 unspecified atom stereocenters. The van der Waals surface area contributed by atoms with E-state index in [2.05, 4.69) is 13.4 Å². The third kappa shape index (κ3) is 4.34. The van der Waals surface area contributed by atoms with Crippen molar-refractivity contribution in [3.63, 3.8) is 0 Å². The molecule has 0 aromatic rings. The minimum atomic E-state index is -3.90. The van der Waals surface area contributed by atoms with E-state index in [9.17, 15) is 8.42 Å². The largest absolute Gasteiger partial charge is 0.426 e. The molecule has 56 valence electrons. The van der Waals surface area contributed by atoms with E-state index in [4.69, 9.17) is 0 Å². The summed E-state index contributed by atoms with van der Waals surface area (Å²) in [7, 11) is -2.82. The van der Waals surface area contributed by atoms with Crippen molar-refractivity contribution in [2.75, 3.05) is 13.7 Å².